The van der Waals surface area contributed by atoms with E-state index in [1.54, 1.807) is 0 Å². The molecule has 0 spiro atoms. The summed E-state index contributed by atoms with van der Waals surface area (Å²) in [5.41, 5.74) is 1.26. The van der Waals surface area contributed by atoms with Crippen LogP contribution in [0.3, 0.4) is 0 Å². The average molecular weight is 346 g/mol. The van der Waals surface area contributed by atoms with E-state index in [4.69, 9.17) is 17.0 Å². The van der Waals surface area contributed by atoms with Crippen molar-refractivity contribution in [1.82, 2.24) is 15.1 Å². The summed E-state index contributed by atoms with van der Waals surface area (Å²) in [7, 11) is 0. The van der Waals surface area contributed by atoms with E-state index >= 15 is 0 Å². The summed E-state index contributed by atoms with van der Waals surface area (Å²) in [5, 5.41) is 4.25. The Balaban J connectivity index is 1.34. The summed E-state index contributed by atoms with van der Waals surface area (Å²) in [5.74, 6) is 0. The van der Waals surface area contributed by atoms with Crippen molar-refractivity contribution in [1.29, 1.82) is 0 Å². The Hall–Kier alpha value is -1.43. The van der Waals surface area contributed by atoms with E-state index in [0.717, 1.165) is 57.4 Å². The van der Waals surface area contributed by atoms with Crippen molar-refractivity contribution < 1.29 is 4.74 Å². The van der Waals surface area contributed by atoms with Gasteiger partial charge in [0, 0.05) is 45.9 Å². The van der Waals surface area contributed by atoms with Gasteiger partial charge in [0.05, 0.1) is 6.10 Å². The van der Waals surface area contributed by atoms with Crippen molar-refractivity contribution in [2.45, 2.75) is 18.9 Å². The van der Waals surface area contributed by atoms with Crippen LogP contribution in [0.15, 0.2) is 36.4 Å². The molecule has 2 aliphatic heterocycles. The van der Waals surface area contributed by atoms with Crippen molar-refractivity contribution in [2.75, 3.05) is 45.9 Å². The third-order valence-electron chi connectivity index (χ3n) is 4.64. The molecule has 2 fully saturated rings. The van der Waals surface area contributed by atoms with Crippen LogP contribution < -0.4 is 5.32 Å². The lowest BCUT2D eigenvalue weighted by molar-refractivity contribution is 0.112. The Labute approximate surface area is 150 Å². The van der Waals surface area contributed by atoms with Crippen molar-refractivity contribution in [3.8, 4) is 0 Å². The first-order chi connectivity index (χ1) is 11.8. The van der Waals surface area contributed by atoms with Crippen molar-refractivity contribution in [2.24, 2.45) is 0 Å². The van der Waals surface area contributed by atoms with Gasteiger partial charge in [0.2, 0.25) is 0 Å². The van der Waals surface area contributed by atoms with Gasteiger partial charge in [-0.05, 0) is 30.6 Å². The summed E-state index contributed by atoms with van der Waals surface area (Å²) < 4.78 is 5.63. The maximum atomic E-state index is 5.63. The highest BCUT2D eigenvalue weighted by Gasteiger charge is 2.20. The molecule has 0 aromatic heterocycles. The summed E-state index contributed by atoms with van der Waals surface area (Å²) >= 11 is 5.53. The smallest absolute Gasteiger partial charge is 0.169 e. The molecule has 1 aromatic rings. The Morgan fingerprint density at radius 2 is 2.00 bits per heavy atom. The number of hydrogen-bond donors (Lipinski definition) is 1. The van der Waals surface area contributed by atoms with Crippen LogP contribution in [-0.2, 0) is 4.74 Å². The molecule has 0 bridgehead atoms. The number of ether oxygens (including phenoxy) is 1. The standard InChI is InChI=1S/C19H27N3OS/c24-19(20-16-18-9-5-15-23-18)22-13-11-21(12-14-22)10-4-8-17-6-2-1-3-7-17/h1-4,6-8,18H,5,9-16H2,(H,20,24). The highest BCUT2D eigenvalue weighted by molar-refractivity contribution is 7.80. The lowest BCUT2D eigenvalue weighted by Gasteiger charge is -2.36. The maximum Gasteiger partial charge on any atom is 0.169 e. The van der Waals surface area contributed by atoms with Crippen molar-refractivity contribution in [3.63, 3.8) is 0 Å². The minimum absolute atomic E-state index is 0.340. The van der Waals surface area contributed by atoms with Gasteiger partial charge in [0.25, 0.3) is 0 Å². The molecule has 1 unspecified atom stereocenters. The minimum atomic E-state index is 0.340. The van der Waals surface area contributed by atoms with E-state index in [2.05, 4.69) is 51.5 Å². The number of benzene rings is 1. The Morgan fingerprint density at radius 1 is 1.21 bits per heavy atom. The molecule has 4 nitrogen and oxygen atoms in total. The third-order valence-corrected chi connectivity index (χ3v) is 5.04. The Kier molecular flexibility index (Phi) is 6.64. The third kappa shape index (κ3) is 5.30. The van der Waals surface area contributed by atoms with Crippen LogP contribution in [0, 0.1) is 0 Å². The van der Waals surface area contributed by atoms with Crippen LogP contribution in [0.2, 0.25) is 0 Å². The molecule has 24 heavy (non-hydrogen) atoms. The topological polar surface area (TPSA) is 27.7 Å². The van der Waals surface area contributed by atoms with Gasteiger partial charge in [-0.15, -0.1) is 0 Å². The fourth-order valence-corrected chi connectivity index (χ4v) is 3.42. The molecule has 5 heteroatoms. The largest absolute Gasteiger partial charge is 0.376 e. The van der Waals surface area contributed by atoms with Crippen LogP contribution in [0.5, 0.6) is 0 Å². The maximum absolute atomic E-state index is 5.63. The van der Waals surface area contributed by atoms with E-state index < -0.39 is 0 Å². The second-order valence-corrected chi connectivity index (χ2v) is 6.81. The van der Waals surface area contributed by atoms with E-state index in [1.807, 2.05) is 6.07 Å². The molecule has 1 aromatic carbocycles. The number of nitrogens with one attached hydrogen (secondary N) is 1. The molecule has 2 aliphatic rings. The molecule has 0 aliphatic carbocycles. The van der Waals surface area contributed by atoms with Gasteiger partial charge >= 0.3 is 0 Å². The zero-order valence-corrected chi connectivity index (χ0v) is 15.0. The molecule has 2 saturated heterocycles. The number of piperazine rings is 1. The van der Waals surface area contributed by atoms with Gasteiger partial charge in [-0.25, -0.2) is 0 Å². The lowest BCUT2D eigenvalue weighted by atomic mass is 10.2. The summed E-state index contributed by atoms with van der Waals surface area (Å²) in [6.45, 7) is 6.85. The second kappa shape index (κ2) is 9.16. The first-order valence-corrected chi connectivity index (χ1v) is 9.30. The zero-order valence-electron chi connectivity index (χ0n) is 14.2. The molecular formula is C19H27N3OS. The molecule has 3 rings (SSSR count). The highest BCUT2D eigenvalue weighted by Crippen LogP contribution is 2.11. The lowest BCUT2D eigenvalue weighted by Crippen LogP contribution is -2.52. The first-order valence-electron chi connectivity index (χ1n) is 8.89. The van der Waals surface area contributed by atoms with Gasteiger partial charge < -0.3 is 15.0 Å². The van der Waals surface area contributed by atoms with Crippen LogP contribution in [0.1, 0.15) is 18.4 Å². The number of thiocarbonyl (C=S) groups is 1. The SMILES string of the molecule is S=C(NCC1CCCO1)N1CCN(CC=Cc2ccccc2)CC1. The van der Waals surface area contributed by atoms with Crippen molar-refractivity contribution in [3.05, 3.63) is 42.0 Å². The normalized spacial score (nSPS) is 22.2. The molecule has 0 saturated carbocycles. The highest BCUT2D eigenvalue weighted by atomic mass is 32.1. The second-order valence-electron chi connectivity index (χ2n) is 6.42. The number of rotatable bonds is 5. The fraction of sp³-hybridized carbons (Fsp3) is 0.526. The van der Waals surface area contributed by atoms with Gasteiger partial charge in [0.15, 0.2) is 5.11 Å². The molecule has 0 amide bonds. The van der Waals surface area contributed by atoms with Crippen LogP contribution in [0.4, 0.5) is 0 Å². The monoisotopic (exact) mass is 345 g/mol. The van der Waals surface area contributed by atoms with E-state index in [0.29, 0.717) is 6.10 Å². The van der Waals surface area contributed by atoms with Gasteiger partial charge in [-0.3, -0.25) is 4.90 Å². The molecule has 1 N–H and O–H groups in total. The van der Waals surface area contributed by atoms with Crippen molar-refractivity contribution >= 4 is 23.4 Å². The van der Waals surface area contributed by atoms with Crippen LogP contribution >= 0.6 is 12.2 Å². The predicted molar refractivity (Wildman–Crippen MR) is 103 cm³/mol. The first kappa shape index (κ1) is 17.4. The average Bonchev–Trinajstić information content (AvgIpc) is 3.15. The van der Waals surface area contributed by atoms with E-state index in [9.17, 15) is 0 Å². The van der Waals surface area contributed by atoms with Gasteiger partial charge in [-0.1, -0.05) is 42.5 Å². The fourth-order valence-electron chi connectivity index (χ4n) is 3.15. The predicted octanol–water partition coefficient (Wildman–Crippen LogP) is 2.37. The molecule has 130 valence electrons. The van der Waals surface area contributed by atoms with E-state index in [1.165, 1.54) is 12.0 Å². The quantitative estimate of drug-likeness (QED) is 0.827. The zero-order chi connectivity index (χ0) is 16.6. The summed E-state index contributed by atoms with van der Waals surface area (Å²) in [6.07, 6.45) is 7.11. The summed E-state index contributed by atoms with van der Waals surface area (Å²) in [4.78, 5) is 4.75. The Bertz CT molecular complexity index is 535. The molecular weight excluding hydrogens is 318 g/mol. The minimum Gasteiger partial charge on any atom is -0.376 e. The number of nitrogens with zero attached hydrogens (tertiary/aromatic N) is 2. The molecule has 0 radical (unpaired) electrons. The van der Waals surface area contributed by atoms with Crippen LogP contribution in [0.25, 0.3) is 6.08 Å². The van der Waals surface area contributed by atoms with E-state index in [-0.39, 0.29) is 0 Å². The summed E-state index contributed by atoms with van der Waals surface area (Å²) in [6, 6.07) is 10.5. The molecule has 2 heterocycles. The van der Waals surface area contributed by atoms with Gasteiger partial charge in [0.1, 0.15) is 0 Å². The Morgan fingerprint density at radius 3 is 2.71 bits per heavy atom. The molecule has 1 atom stereocenters. The van der Waals surface area contributed by atoms with Crippen LogP contribution in [-0.4, -0.2) is 66.9 Å². The van der Waals surface area contributed by atoms with Gasteiger partial charge in [-0.2, -0.15) is 0 Å². The number of hydrogen-bond acceptors (Lipinski definition) is 3.